The van der Waals surface area contributed by atoms with E-state index in [9.17, 15) is 9.59 Å². The Morgan fingerprint density at radius 1 is 1.17 bits per heavy atom. The molecule has 0 aliphatic heterocycles. The number of ether oxygens (including phenoxy) is 3. The van der Waals surface area contributed by atoms with Gasteiger partial charge in [0.2, 0.25) is 0 Å². The van der Waals surface area contributed by atoms with E-state index >= 15 is 0 Å². The average Bonchev–Trinajstić information content (AvgIpc) is 2.61. The minimum Gasteiger partial charge on any atom is -0.493 e. The summed E-state index contributed by atoms with van der Waals surface area (Å²) in [5, 5.41) is 3.04. The third kappa shape index (κ3) is 4.63. The van der Waals surface area contributed by atoms with Crippen molar-refractivity contribution >= 4 is 11.9 Å². The lowest BCUT2D eigenvalue weighted by Crippen LogP contribution is -2.43. The predicted molar refractivity (Wildman–Crippen MR) is 89.4 cm³/mol. The minimum atomic E-state index is -0.455. The van der Waals surface area contributed by atoms with E-state index < -0.39 is 5.97 Å². The fourth-order valence-corrected chi connectivity index (χ4v) is 2.95. The molecule has 2 rings (SSSR count). The van der Waals surface area contributed by atoms with Crippen LogP contribution in [0.1, 0.15) is 43.0 Å². The number of benzene rings is 1. The van der Waals surface area contributed by atoms with Crippen molar-refractivity contribution in [2.75, 3.05) is 20.8 Å². The van der Waals surface area contributed by atoms with E-state index in [1.807, 2.05) is 0 Å². The standard InChI is InChI=1S/C18H25NO5/c1-12-6-4-5-7-14(12)19-17(20)11-24-15-9-8-13(18(21)23-3)10-16(15)22-2/h8-10,12,14H,4-7,11H2,1-3H3,(H,19,20)/t12-,14+/m1/s1. The molecule has 0 saturated heterocycles. The van der Waals surface area contributed by atoms with Crippen LogP contribution in [0.2, 0.25) is 0 Å². The Bertz CT molecular complexity index is 587. The van der Waals surface area contributed by atoms with Gasteiger partial charge in [-0.3, -0.25) is 4.79 Å². The summed E-state index contributed by atoms with van der Waals surface area (Å²) in [4.78, 5) is 23.6. The fraction of sp³-hybridized carbons (Fsp3) is 0.556. The number of hydrogen-bond donors (Lipinski definition) is 1. The first kappa shape index (κ1) is 18.1. The summed E-state index contributed by atoms with van der Waals surface area (Å²) < 4.78 is 15.4. The topological polar surface area (TPSA) is 73.9 Å². The van der Waals surface area contributed by atoms with Gasteiger partial charge in [-0.2, -0.15) is 0 Å². The van der Waals surface area contributed by atoms with Crippen LogP contribution in [0.3, 0.4) is 0 Å². The molecule has 1 amide bonds. The van der Waals surface area contributed by atoms with E-state index in [2.05, 4.69) is 17.0 Å². The zero-order valence-corrected chi connectivity index (χ0v) is 14.5. The Hall–Kier alpha value is -2.24. The smallest absolute Gasteiger partial charge is 0.337 e. The Balaban J connectivity index is 1.93. The SMILES string of the molecule is COC(=O)c1ccc(OCC(=O)N[C@H]2CCCC[C@H]2C)c(OC)c1. The summed E-state index contributed by atoms with van der Waals surface area (Å²) in [5.74, 6) is 0.696. The van der Waals surface area contributed by atoms with Crippen molar-refractivity contribution in [1.29, 1.82) is 0 Å². The molecule has 0 radical (unpaired) electrons. The van der Waals surface area contributed by atoms with Crippen molar-refractivity contribution in [2.24, 2.45) is 5.92 Å². The van der Waals surface area contributed by atoms with Crippen LogP contribution >= 0.6 is 0 Å². The Morgan fingerprint density at radius 3 is 2.58 bits per heavy atom. The highest BCUT2D eigenvalue weighted by atomic mass is 16.5. The lowest BCUT2D eigenvalue weighted by atomic mass is 9.86. The normalized spacial score (nSPS) is 20.1. The maximum Gasteiger partial charge on any atom is 0.337 e. The van der Waals surface area contributed by atoms with Crippen molar-refractivity contribution in [3.05, 3.63) is 23.8 Å². The second kappa shape index (κ2) is 8.57. The van der Waals surface area contributed by atoms with Crippen LogP contribution < -0.4 is 14.8 Å². The van der Waals surface area contributed by atoms with Crippen LogP contribution in [0.4, 0.5) is 0 Å². The van der Waals surface area contributed by atoms with Crippen molar-refractivity contribution in [3.63, 3.8) is 0 Å². The minimum absolute atomic E-state index is 0.0862. The van der Waals surface area contributed by atoms with Gasteiger partial charge in [0.15, 0.2) is 18.1 Å². The predicted octanol–water partition coefficient (Wildman–Crippen LogP) is 2.56. The summed E-state index contributed by atoms with van der Waals surface area (Å²) in [7, 11) is 2.79. The highest BCUT2D eigenvalue weighted by Gasteiger charge is 2.23. The molecule has 1 aromatic carbocycles. The van der Waals surface area contributed by atoms with E-state index in [1.54, 1.807) is 12.1 Å². The van der Waals surface area contributed by atoms with Gasteiger partial charge in [-0.25, -0.2) is 4.79 Å². The highest BCUT2D eigenvalue weighted by molar-refractivity contribution is 5.90. The molecule has 6 heteroatoms. The van der Waals surface area contributed by atoms with E-state index in [0.29, 0.717) is 23.0 Å². The third-order valence-electron chi connectivity index (χ3n) is 4.40. The average molecular weight is 335 g/mol. The van der Waals surface area contributed by atoms with Gasteiger partial charge in [-0.15, -0.1) is 0 Å². The summed E-state index contributed by atoms with van der Waals surface area (Å²) >= 11 is 0. The molecule has 132 valence electrons. The molecule has 0 heterocycles. The van der Waals surface area contributed by atoms with Crippen LogP contribution in [0, 0.1) is 5.92 Å². The van der Waals surface area contributed by atoms with E-state index in [4.69, 9.17) is 9.47 Å². The molecular weight excluding hydrogens is 310 g/mol. The molecule has 0 unspecified atom stereocenters. The lowest BCUT2D eigenvalue weighted by molar-refractivity contribution is -0.124. The number of nitrogens with one attached hydrogen (secondary N) is 1. The zero-order chi connectivity index (χ0) is 17.5. The van der Waals surface area contributed by atoms with Gasteiger partial charge in [0.05, 0.1) is 19.8 Å². The van der Waals surface area contributed by atoms with Crippen LogP contribution in [-0.4, -0.2) is 38.7 Å². The number of hydrogen-bond acceptors (Lipinski definition) is 5. The molecule has 1 fully saturated rings. The van der Waals surface area contributed by atoms with Crippen molar-refractivity contribution in [3.8, 4) is 11.5 Å². The molecular formula is C18H25NO5. The maximum atomic E-state index is 12.1. The van der Waals surface area contributed by atoms with E-state index in [-0.39, 0.29) is 18.6 Å². The Morgan fingerprint density at radius 2 is 1.92 bits per heavy atom. The molecule has 1 aromatic rings. The number of carbonyl (C=O) groups excluding carboxylic acids is 2. The molecule has 1 N–H and O–H groups in total. The molecule has 1 aliphatic carbocycles. The quantitative estimate of drug-likeness (QED) is 0.809. The molecule has 0 aromatic heterocycles. The molecule has 2 atom stereocenters. The molecule has 0 bridgehead atoms. The van der Waals surface area contributed by atoms with Crippen molar-refractivity contribution in [1.82, 2.24) is 5.32 Å². The van der Waals surface area contributed by atoms with Gasteiger partial charge in [0.25, 0.3) is 5.91 Å². The van der Waals surface area contributed by atoms with Gasteiger partial charge in [0.1, 0.15) is 0 Å². The molecule has 1 aliphatic rings. The van der Waals surface area contributed by atoms with Crippen molar-refractivity contribution in [2.45, 2.75) is 38.6 Å². The number of rotatable bonds is 6. The molecule has 1 saturated carbocycles. The number of methoxy groups -OCH3 is 2. The Labute approximate surface area is 142 Å². The fourth-order valence-electron chi connectivity index (χ4n) is 2.95. The van der Waals surface area contributed by atoms with Crippen molar-refractivity contribution < 1.29 is 23.8 Å². The van der Waals surface area contributed by atoms with Gasteiger partial charge in [0, 0.05) is 6.04 Å². The summed E-state index contributed by atoms with van der Waals surface area (Å²) in [5.41, 5.74) is 0.363. The van der Waals surface area contributed by atoms with E-state index in [1.165, 1.54) is 26.7 Å². The Kier molecular flexibility index (Phi) is 6.46. The number of amides is 1. The van der Waals surface area contributed by atoms with Crippen LogP contribution in [0.5, 0.6) is 11.5 Å². The number of carbonyl (C=O) groups is 2. The monoisotopic (exact) mass is 335 g/mol. The van der Waals surface area contributed by atoms with Gasteiger partial charge >= 0.3 is 5.97 Å². The lowest BCUT2D eigenvalue weighted by Gasteiger charge is -2.29. The second-order valence-corrected chi connectivity index (χ2v) is 6.08. The second-order valence-electron chi connectivity index (χ2n) is 6.08. The van der Waals surface area contributed by atoms with E-state index in [0.717, 1.165) is 19.3 Å². The van der Waals surface area contributed by atoms with Crippen LogP contribution in [-0.2, 0) is 9.53 Å². The molecule has 6 nitrogen and oxygen atoms in total. The number of esters is 1. The summed E-state index contributed by atoms with van der Waals surface area (Å²) in [6, 6.07) is 4.92. The first-order chi connectivity index (χ1) is 11.5. The maximum absolute atomic E-state index is 12.1. The van der Waals surface area contributed by atoms with Gasteiger partial charge in [-0.1, -0.05) is 19.8 Å². The summed E-state index contributed by atoms with van der Waals surface area (Å²) in [6.07, 6.45) is 4.55. The zero-order valence-electron chi connectivity index (χ0n) is 14.5. The summed E-state index contributed by atoms with van der Waals surface area (Å²) in [6.45, 7) is 2.08. The molecule has 0 spiro atoms. The first-order valence-electron chi connectivity index (χ1n) is 8.23. The van der Waals surface area contributed by atoms with Crippen LogP contribution in [0.25, 0.3) is 0 Å². The third-order valence-corrected chi connectivity index (χ3v) is 4.40. The van der Waals surface area contributed by atoms with Gasteiger partial charge in [-0.05, 0) is 37.0 Å². The molecule has 24 heavy (non-hydrogen) atoms. The van der Waals surface area contributed by atoms with Gasteiger partial charge < -0.3 is 19.5 Å². The largest absolute Gasteiger partial charge is 0.493 e. The first-order valence-corrected chi connectivity index (χ1v) is 8.23. The van der Waals surface area contributed by atoms with Crippen LogP contribution in [0.15, 0.2) is 18.2 Å². The highest BCUT2D eigenvalue weighted by Crippen LogP contribution is 2.28.